The lowest BCUT2D eigenvalue weighted by Gasteiger charge is -2.26. The maximum atomic E-state index is 4.97. The zero-order valence-corrected chi connectivity index (χ0v) is 18.6. The summed E-state index contributed by atoms with van der Waals surface area (Å²) in [4.78, 5) is 9.43. The molecule has 0 saturated heterocycles. The van der Waals surface area contributed by atoms with Crippen molar-refractivity contribution in [3.8, 4) is 0 Å². The first-order chi connectivity index (χ1) is 15.2. The van der Waals surface area contributed by atoms with Crippen molar-refractivity contribution in [1.82, 2.24) is 19.6 Å². The lowest BCUT2D eigenvalue weighted by atomic mass is 10.3. The average Bonchev–Trinajstić information content (AvgIpc) is 3.27. The first-order valence-electron chi connectivity index (χ1n) is 10.4. The summed E-state index contributed by atoms with van der Waals surface area (Å²) >= 11 is 0. The van der Waals surface area contributed by atoms with Gasteiger partial charge in [-0.1, -0.05) is 54.6 Å². The number of nitrogens with zero attached hydrogens (tertiary/aromatic N) is 4. The molecule has 2 aromatic heterocycles. The van der Waals surface area contributed by atoms with Gasteiger partial charge in [0.1, 0.15) is 35.2 Å². The number of benzene rings is 3. The predicted molar refractivity (Wildman–Crippen MR) is 129 cm³/mol. The highest BCUT2D eigenvalue weighted by Crippen LogP contribution is 2.57. The normalized spacial score (nSPS) is 11.7. The van der Waals surface area contributed by atoms with Crippen LogP contribution in [0.2, 0.25) is 0 Å². The van der Waals surface area contributed by atoms with Crippen LogP contribution in [0.15, 0.2) is 97.2 Å². The molecule has 0 amide bonds. The van der Waals surface area contributed by atoms with E-state index in [-0.39, 0.29) is 0 Å². The molecule has 3 aromatic carbocycles. The second-order valence-corrected chi connectivity index (χ2v) is 11.2. The van der Waals surface area contributed by atoms with Crippen LogP contribution < -0.4 is 15.9 Å². The van der Waals surface area contributed by atoms with E-state index in [0.29, 0.717) is 0 Å². The monoisotopic (exact) mass is 423 g/mol. The molecule has 0 aliphatic heterocycles. The van der Waals surface area contributed by atoms with Crippen LogP contribution in [0.3, 0.4) is 0 Å². The van der Waals surface area contributed by atoms with Gasteiger partial charge in [-0.15, -0.1) is 5.10 Å². The summed E-state index contributed by atoms with van der Waals surface area (Å²) in [5.41, 5.74) is 1.92. The van der Waals surface area contributed by atoms with Crippen LogP contribution in [0.25, 0.3) is 5.65 Å². The van der Waals surface area contributed by atoms with E-state index >= 15 is 0 Å². The van der Waals surface area contributed by atoms with Gasteiger partial charge in [0, 0.05) is 11.8 Å². The van der Waals surface area contributed by atoms with Crippen molar-refractivity contribution < 1.29 is 0 Å². The van der Waals surface area contributed by atoms with Gasteiger partial charge in [-0.2, -0.15) is 4.52 Å². The number of fused-ring (bicyclic) bond motifs is 1. The number of hydrogen-bond acceptors (Lipinski definition) is 3. The summed E-state index contributed by atoms with van der Waals surface area (Å²) in [6.07, 6.45) is 2.63. The van der Waals surface area contributed by atoms with Gasteiger partial charge < -0.3 is 0 Å². The van der Waals surface area contributed by atoms with Crippen molar-refractivity contribution in [1.29, 1.82) is 0 Å². The maximum Gasteiger partial charge on any atom is 0.190 e. The highest BCUT2D eigenvalue weighted by molar-refractivity contribution is 7.95. The molecular formula is C26H24N4P+. The molecule has 0 aliphatic rings. The van der Waals surface area contributed by atoms with Crippen LogP contribution in [-0.2, 0) is 6.16 Å². The molecule has 5 rings (SSSR count). The Kier molecular flexibility index (Phi) is 5.09. The molecule has 5 aromatic rings. The quantitative estimate of drug-likeness (QED) is 0.397. The van der Waals surface area contributed by atoms with E-state index in [1.165, 1.54) is 15.9 Å². The minimum Gasteiger partial charge on any atom is -0.241 e. The Morgan fingerprint density at radius 3 is 1.65 bits per heavy atom. The Balaban J connectivity index is 1.78. The highest BCUT2D eigenvalue weighted by atomic mass is 31.2. The summed E-state index contributed by atoms with van der Waals surface area (Å²) in [6, 6.07) is 32.5. The molecule has 4 nitrogen and oxygen atoms in total. The van der Waals surface area contributed by atoms with Crippen molar-refractivity contribution in [2.24, 2.45) is 0 Å². The number of hydrogen-bond donors (Lipinski definition) is 0. The molecular weight excluding hydrogens is 399 g/mol. The highest BCUT2D eigenvalue weighted by Gasteiger charge is 2.46. The predicted octanol–water partition coefficient (Wildman–Crippen LogP) is 4.24. The molecule has 0 spiro atoms. The molecule has 0 fully saturated rings. The fourth-order valence-electron chi connectivity index (χ4n) is 4.19. The van der Waals surface area contributed by atoms with Gasteiger partial charge in [-0.05, 0) is 50.2 Å². The summed E-state index contributed by atoms with van der Waals surface area (Å²) in [5.74, 6) is 1.70. The van der Waals surface area contributed by atoms with Crippen molar-refractivity contribution in [2.75, 3.05) is 0 Å². The van der Waals surface area contributed by atoms with Gasteiger partial charge in [0.15, 0.2) is 11.5 Å². The van der Waals surface area contributed by atoms with Gasteiger partial charge in [-0.25, -0.2) is 9.97 Å². The molecule has 152 valence electrons. The summed E-state index contributed by atoms with van der Waals surface area (Å²) in [6.45, 7) is 4.01. The SMILES string of the molecule is Cc1cnc(C)n2nc(C[P+](c3ccccc3)(c3ccccc3)c3ccccc3)nc12. The lowest BCUT2D eigenvalue weighted by Crippen LogP contribution is -2.32. The van der Waals surface area contributed by atoms with E-state index in [4.69, 9.17) is 10.1 Å². The Labute approximate surface area is 183 Å². The molecule has 0 N–H and O–H groups in total. The third-order valence-electron chi connectivity index (χ3n) is 5.72. The summed E-state index contributed by atoms with van der Waals surface area (Å²) < 4.78 is 1.88. The zero-order chi connectivity index (χ0) is 21.3. The minimum atomic E-state index is -2.02. The molecule has 31 heavy (non-hydrogen) atoms. The molecule has 0 radical (unpaired) electrons. The van der Waals surface area contributed by atoms with E-state index in [0.717, 1.165) is 29.0 Å². The molecule has 0 bridgehead atoms. The molecule has 0 saturated carbocycles. The number of aryl methyl sites for hydroxylation is 2. The van der Waals surface area contributed by atoms with Crippen LogP contribution in [-0.4, -0.2) is 19.6 Å². The van der Waals surface area contributed by atoms with Gasteiger partial charge in [-0.3, -0.25) is 0 Å². The summed E-state index contributed by atoms with van der Waals surface area (Å²) in [5, 5.41) is 8.90. The Bertz CT molecular complexity index is 1180. The van der Waals surface area contributed by atoms with E-state index < -0.39 is 7.26 Å². The topological polar surface area (TPSA) is 43.1 Å². The van der Waals surface area contributed by atoms with E-state index in [2.05, 4.69) is 96.0 Å². The van der Waals surface area contributed by atoms with Crippen molar-refractivity contribution in [3.05, 3.63) is 114 Å². The Hall–Kier alpha value is -3.36. The van der Waals surface area contributed by atoms with Crippen LogP contribution in [0, 0.1) is 13.8 Å². The van der Waals surface area contributed by atoms with E-state index in [9.17, 15) is 0 Å². The first-order valence-corrected chi connectivity index (χ1v) is 12.4. The largest absolute Gasteiger partial charge is 0.241 e. The smallest absolute Gasteiger partial charge is 0.190 e. The van der Waals surface area contributed by atoms with Gasteiger partial charge in [0.2, 0.25) is 0 Å². The molecule has 0 aliphatic carbocycles. The minimum absolute atomic E-state index is 0.756. The molecule has 0 unspecified atom stereocenters. The van der Waals surface area contributed by atoms with E-state index in [1.54, 1.807) is 0 Å². The summed E-state index contributed by atoms with van der Waals surface area (Å²) in [7, 11) is -2.02. The van der Waals surface area contributed by atoms with Crippen LogP contribution >= 0.6 is 7.26 Å². The zero-order valence-electron chi connectivity index (χ0n) is 17.7. The fraction of sp³-hybridized carbons (Fsp3) is 0.115. The van der Waals surface area contributed by atoms with Crippen molar-refractivity contribution >= 4 is 28.8 Å². The third kappa shape index (κ3) is 3.43. The van der Waals surface area contributed by atoms with Crippen LogP contribution in [0.1, 0.15) is 17.2 Å². The average molecular weight is 423 g/mol. The second kappa shape index (κ2) is 8.05. The van der Waals surface area contributed by atoms with Crippen molar-refractivity contribution in [3.63, 3.8) is 0 Å². The van der Waals surface area contributed by atoms with Gasteiger partial charge in [0.05, 0.1) is 0 Å². The van der Waals surface area contributed by atoms with Crippen LogP contribution in [0.5, 0.6) is 0 Å². The molecule has 2 heterocycles. The Morgan fingerprint density at radius 2 is 1.19 bits per heavy atom. The molecule has 0 atom stereocenters. The fourth-order valence-corrected chi connectivity index (χ4v) is 8.23. The van der Waals surface area contributed by atoms with Crippen LogP contribution in [0.4, 0.5) is 0 Å². The Morgan fingerprint density at radius 1 is 0.710 bits per heavy atom. The maximum absolute atomic E-state index is 4.97. The standard InChI is InChI=1S/C26H24N4P/c1-20-18-27-21(2)30-26(20)28-25(29-30)19-31(22-12-6-3-7-13-22,23-14-8-4-9-15-23)24-16-10-5-11-17-24/h3-18H,19H2,1-2H3/q+1. The van der Waals surface area contributed by atoms with Crippen molar-refractivity contribution in [2.45, 2.75) is 20.0 Å². The lowest BCUT2D eigenvalue weighted by molar-refractivity contribution is 0.840. The van der Waals surface area contributed by atoms with Gasteiger partial charge in [0.25, 0.3) is 0 Å². The second-order valence-electron chi connectivity index (χ2n) is 7.73. The van der Waals surface area contributed by atoms with Gasteiger partial charge >= 0.3 is 0 Å². The third-order valence-corrected chi connectivity index (χ3v) is 10.0. The number of aromatic nitrogens is 4. The van der Waals surface area contributed by atoms with E-state index in [1.807, 2.05) is 24.6 Å². The number of rotatable bonds is 5. The first kappa shape index (κ1) is 19.6. The molecule has 5 heteroatoms.